The summed E-state index contributed by atoms with van der Waals surface area (Å²) in [5.41, 5.74) is -0.327. The van der Waals surface area contributed by atoms with Gasteiger partial charge in [0.2, 0.25) is 0 Å². The first-order chi connectivity index (χ1) is 10.4. The van der Waals surface area contributed by atoms with Crippen molar-refractivity contribution in [3.05, 3.63) is 23.8 Å². The summed E-state index contributed by atoms with van der Waals surface area (Å²) in [4.78, 5) is 21.9. The van der Waals surface area contributed by atoms with E-state index in [-0.39, 0.29) is 37.7 Å². The second kappa shape index (κ2) is 8.08. The van der Waals surface area contributed by atoms with Crippen molar-refractivity contribution >= 4 is 12.5 Å². The van der Waals surface area contributed by atoms with E-state index in [4.69, 9.17) is 0 Å². The molecular formula is C14H20N2O6. The first-order valence-electron chi connectivity index (χ1n) is 6.63. The molecule has 8 nitrogen and oxygen atoms in total. The third-order valence-corrected chi connectivity index (χ3v) is 2.97. The van der Waals surface area contributed by atoms with E-state index in [1.807, 2.05) is 0 Å². The third-order valence-electron chi connectivity index (χ3n) is 2.97. The highest BCUT2D eigenvalue weighted by atomic mass is 16.5. The van der Waals surface area contributed by atoms with Crippen LogP contribution in [-0.4, -0.2) is 53.1 Å². The molecule has 1 atom stereocenters. The number of carbonyl (C=O) groups is 2. The number of amides is 2. The van der Waals surface area contributed by atoms with Crippen LogP contribution in [0.3, 0.4) is 0 Å². The number of aliphatic hydroxyl groups is 1. The fourth-order valence-corrected chi connectivity index (χ4v) is 1.70. The van der Waals surface area contributed by atoms with Gasteiger partial charge < -0.3 is 30.7 Å². The molecule has 0 saturated carbocycles. The minimum Gasteiger partial charge on any atom is -0.504 e. The molecule has 0 aliphatic carbocycles. The molecule has 0 aliphatic rings. The fraction of sp³-hybridized carbons (Fsp3) is 0.429. The molecule has 22 heavy (non-hydrogen) atoms. The summed E-state index contributed by atoms with van der Waals surface area (Å²) in [6, 6.07) is 3.88. The van der Waals surface area contributed by atoms with Crippen molar-refractivity contribution in [3.63, 3.8) is 0 Å². The van der Waals surface area contributed by atoms with Crippen molar-refractivity contribution in [2.75, 3.05) is 19.8 Å². The van der Waals surface area contributed by atoms with Crippen molar-refractivity contribution in [3.8, 4) is 11.5 Å². The Bertz CT molecular complexity index is 522. The van der Waals surface area contributed by atoms with Gasteiger partial charge in [0.15, 0.2) is 11.5 Å². The first kappa shape index (κ1) is 17.6. The lowest BCUT2D eigenvalue weighted by Gasteiger charge is -2.27. The van der Waals surface area contributed by atoms with E-state index in [0.717, 1.165) is 5.56 Å². The maximum atomic E-state index is 11.7. The summed E-state index contributed by atoms with van der Waals surface area (Å²) in [6.45, 7) is 1.53. The van der Waals surface area contributed by atoms with Crippen LogP contribution in [0.25, 0.3) is 0 Å². The van der Waals surface area contributed by atoms with Gasteiger partial charge in [-0.2, -0.15) is 0 Å². The minimum atomic E-state index is -1.07. The molecule has 0 aromatic heterocycles. The number of rotatable bonds is 8. The van der Waals surface area contributed by atoms with E-state index in [9.17, 15) is 24.9 Å². The zero-order valence-corrected chi connectivity index (χ0v) is 12.2. The van der Waals surface area contributed by atoms with E-state index in [1.54, 1.807) is 6.07 Å². The van der Waals surface area contributed by atoms with Crippen molar-refractivity contribution in [1.82, 2.24) is 10.6 Å². The summed E-state index contributed by atoms with van der Waals surface area (Å²) in [6.07, 6.45) is 0.446. The van der Waals surface area contributed by atoms with E-state index in [2.05, 4.69) is 15.4 Å². The number of hydrogen-bond acceptors (Lipinski definition) is 6. The van der Waals surface area contributed by atoms with E-state index < -0.39 is 11.6 Å². The van der Waals surface area contributed by atoms with Crippen molar-refractivity contribution in [1.29, 1.82) is 0 Å². The Hall–Kier alpha value is -2.48. The first-order valence-corrected chi connectivity index (χ1v) is 6.63. The van der Waals surface area contributed by atoms with Gasteiger partial charge in [-0.15, -0.1) is 0 Å². The SMILES string of the molecule is CC(CO)(COC=O)NC(=O)NCCc1ccc(O)c(O)c1. The van der Waals surface area contributed by atoms with Crippen molar-refractivity contribution < 1.29 is 29.6 Å². The molecule has 8 heteroatoms. The minimum absolute atomic E-state index is 0.147. The summed E-state index contributed by atoms with van der Waals surface area (Å²) < 4.78 is 4.55. The number of urea groups is 1. The number of aliphatic hydroxyl groups excluding tert-OH is 1. The molecule has 1 aromatic carbocycles. The molecule has 1 aromatic rings. The highest BCUT2D eigenvalue weighted by molar-refractivity contribution is 5.74. The number of phenolic OH excluding ortho intramolecular Hbond substituents is 2. The van der Waals surface area contributed by atoms with Crippen LogP contribution in [0.15, 0.2) is 18.2 Å². The van der Waals surface area contributed by atoms with Gasteiger partial charge in [-0.3, -0.25) is 4.79 Å². The quantitative estimate of drug-likeness (QED) is 0.336. The summed E-state index contributed by atoms with van der Waals surface area (Å²) in [5, 5.41) is 32.9. The number of hydrogen-bond donors (Lipinski definition) is 5. The summed E-state index contributed by atoms with van der Waals surface area (Å²) in [5.74, 6) is -0.427. The Morgan fingerprint density at radius 2 is 2.09 bits per heavy atom. The lowest BCUT2D eigenvalue weighted by atomic mass is 10.1. The highest BCUT2D eigenvalue weighted by Gasteiger charge is 2.26. The summed E-state index contributed by atoms with van der Waals surface area (Å²) >= 11 is 0. The second-order valence-corrected chi connectivity index (χ2v) is 5.08. The van der Waals surface area contributed by atoms with E-state index >= 15 is 0 Å². The zero-order valence-electron chi connectivity index (χ0n) is 12.2. The number of aromatic hydroxyl groups is 2. The molecular weight excluding hydrogens is 292 g/mol. The molecule has 5 N–H and O–H groups in total. The molecule has 0 spiro atoms. The Morgan fingerprint density at radius 3 is 2.68 bits per heavy atom. The molecule has 1 rings (SSSR count). The zero-order chi connectivity index (χ0) is 16.6. The second-order valence-electron chi connectivity index (χ2n) is 5.08. The number of nitrogens with one attached hydrogen (secondary N) is 2. The molecule has 0 heterocycles. The lowest BCUT2D eigenvalue weighted by Crippen LogP contribution is -2.55. The predicted octanol–water partition coefficient (Wildman–Crippen LogP) is -0.137. The van der Waals surface area contributed by atoms with Gasteiger partial charge in [0.1, 0.15) is 6.61 Å². The standard InChI is InChI=1S/C14H20N2O6/c1-14(7-17,8-22-9-18)16-13(21)15-5-4-10-2-3-11(19)12(20)6-10/h2-3,6,9,17,19-20H,4-5,7-8H2,1H3,(H2,15,16,21). The van der Waals surface area contributed by atoms with Crippen molar-refractivity contribution in [2.24, 2.45) is 0 Å². The van der Waals surface area contributed by atoms with Gasteiger partial charge in [-0.1, -0.05) is 6.07 Å². The van der Waals surface area contributed by atoms with Gasteiger partial charge in [0.05, 0.1) is 12.1 Å². The topological polar surface area (TPSA) is 128 Å². The number of benzene rings is 1. The maximum absolute atomic E-state index is 11.7. The Labute approximate surface area is 127 Å². The summed E-state index contributed by atoms with van der Waals surface area (Å²) in [7, 11) is 0. The highest BCUT2D eigenvalue weighted by Crippen LogP contribution is 2.24. The average Bonchev–Trinajstić information content (AvgIpc) is 2.49. The monoisotopic (exact) mass is 312 g/mol. The fourth-order valence-electron chi connectivity index (χ4n) is 1.70. The van der Waals surface area contributed by atoms with Crippen LogP contribution in [0.2, 0.25) is 0 Å². The largest absolute Gasteiger partial charge is 0.504 e. The van der Waals surface area contributed by atoms with Gasteiger partial charge >= 0.3 is 6.03 Å². The van der Waals surface area contributed by atoms with Gasteiger partial charge in [-0.05, 0) is 31.0 Å². The van der Waals surface area contributed by atoms with E-state index in [1.165, 1.54) is 19.1 Å². The maximum Gasteiger partial charge on any atom is 0.315 e. The number of ether oxygens (including phenoxy) is 1. The van der Waals surface area contributed by atoms with E-state index in [0.29, 0.717) is 6.42 Å². The molecule has 0 bridgehead atoms. The van der Waals surface area contributed by atoms with Crippen LogP contribution in [0.5, 0.6) is 11.5 Å². The van der Waals surface area contributed by atoms with Gasteiger partial charge in [-0.25, -0.2) is 4.79 Å². The van der Waals surface area contributed by atoms with Crippen molar-refractivity contribution in [2.45, 2.75) is 18.9 Å². The Kier molecular flexibility index (Phi) is 6.46. The number of phenols is 2. The molecule has 0 fully saturated rings. The molecule has 1 unspecified atom stereocenters. The predicted molar refractivity (Wildman–Crippen MR) is 77.5 cm³/mol. The smallest absolute Gasteiger partial charge is 0.315 e. The van der Waals surface area contributed by atoms with Crippen LogP contribution in [0, 0.1) is 0 Å². The molecule has 0 aliphatic heterocycles. The Balaban J connectivity index is 2.41. The van der Waals surface area contributed by atoms with Gasteiger partial charge in [0, 0.05) is 6.54 Å². The molecule has 0 radical (unpaired) electrons. The van der Waals surface area contributed by atoms with Crippen LogP contribution in [0.4, 0.5) is 4.79 Å². The molecule has 122 valence electrons. The Morgan fingerprint density at radius 1 is 1.36 bits per heavy atom. The molecule has 0 saturated heterocycles. The normalized spacial score (nSPS) is 13.0. The molecule has 2 amide bonds. The van der Waals surface area contributed by atoms with Gasteiger partial charge in [0.25, 0.3) is 6.47 Å². The van der Waals surface area contributed by atoms with Crippen LogP contribution >= 0.6 is 0 Å². The van der Waals surface area contributed by atoms with Crippen LogP contribution in [0.1, 0.15) is 12.5 Å². The third kappa shape index (κ3) is 5.49. The van der Waals surface area contributed by atoms with Crippen LogP contribution in [-0.2, 0) is 16.0 Å². The average molecular weight is 312 g/mol. The van der Waals surface area contributed by atoms with Crippen LogP contribution < -0.4 is 10.6 Å². The number of carbonyl (C=O) groups excluding carboxylic acids is 2. The lowest BCUT2D eigenvalue weighted by molar-refractivity contribution is -0.131.